The van der Waals surface area contributed by atoms with Crippen molar-refractivity contribution >= 4 is 18.0 Å². The highest BCUT2D eigenvalue weighted by molar-refractivity contribution is 5.94. The first-order valence-electron chi connectivity index (χ1n) is 7.23. The summed E-state index contributed by atoms with van der Waals surface area (Å²) in [5.41, 5.74) is 3.17. The van der Waals surface area contributed by atoms with E-state index in [2.05, 4.69) is 15.8 Å². The van der Waals surface area contributed by atoms with E-state index in [0.29, 0.717) is 11.1 Å². The van der Waals surface area contributed by atoms with E-state index in [0.717, 1.165) is 0 Å². The lowest BCUT2D eigenvalue weighted by molar-refractivity contribution is -0.120. The summed E-state index contributed by atoms with van der Waals surface area (Å²) in [7, 11) is 0. The van der Waals surface area contributed by atoms with Gasteiger partial charge in [-0.15, -0.1) is 0 Å². The molecule has 0 saturated heterocycles. The zero-order valence-corrected chi connectivity index (χ0v) is 12.8. The number of benzene rings is 2. The van der Waals surface area contributed by atoms with Gasteiger partial charge in [0.25, 0.3) is 5.91 Å². The van der Waals surface area contributed by atoms with Gasteiger partial charge in [0.2, 0.25) is 5.91 Å². The smallest absolute Gasteiger partial charge is 0.251 e. The van der Waals surface area contributed by atoms with Crippen molar-refractivity contribution in [2.45, 2.75) is 6.42 Å². The average Bonchev–Trinajstić information content (AvgIpc) is 2.57. The minimum atomic E-state index is -0.377. The Kier molecular flexibility index (Phi) is 5.90. The Balaban J connectivity index is 1.73. The minimum Gasteiger partial charge on any atom is -0.508 e. The second-order valence-corrected chi connectivity index (χ2v) is 4.91. The molecule has 24 heavy (non-hydrogen) atoms. The summed E-state index contributed by atoms with van der Waals surface area (Å²) in [4.78, 5) is 23.4. The molecule has 4 N–H and O–H groups in total. The Morgan fingerprint density at radius 3 is 2.54 bits per heavy atom. The van der Waals surface area contributed by atoms with Crippen LogP contribution in [-0.2, 0) is 4.79 Å². The lowest BCUT2D eigenvalue weighted by Gasteiger charge is -2.04. The minimum absolute atomic E-state index is 0.0668. The Hall–Kier alpha value is -3.35. The number of rotatable bonds is 6. The van der Waals surface area contributed by atoms with E-state index in [9.17, 15) is 14.7 Å². The molecule has 2 rings (SSSR count). The summed E-state index contributed by atoms with van der Waals surface area (Å²) in [5, 5.41) is 25.1. The van der Waals surface area contributed by atoms with E-state index in [1.165, 1.54) is 24.4 Å². The van der Waals surface area contributed by atoms with Gasteiger partial charge in [0.15, 0.2) is 0 Å². The molecule has 0 aliphatic heterocycles. The first-order chi connectivity index (χ1) is 11.6. The van der Waals surface area contributed by atoms with Crippen molar-refractivity contribution < 1.29 is 19.8 Å². The predicted octanol–water partition coefficient (Wildman–Crippen LogP) is 1.37. The largest absolute Gasteiger partial charge is 0.508 e. The number of carbonyl (C=O) groups excluding carboxylic acids is 2. The van der Waals surface area contributed by atoms with Gasteiger partial charge in [0.05, 0.1) is 6.21 Å². The molecule has 0 spiro atoms. The standard InChI is InChI=1S/C17H17N3O4/c21-14-7-6-13(15(22)10-14)11-19-20-16(23)8-9-18-17(24)12-4-2-1-3-5-12/h1-7,10-11,21-22H,8-9H2,(H,18,24)(H,20,23). The van der Waals surface area contributed by atoms with Crippen molar-refractivity contribution in [2.75, 3.05) is 6.54 Å². The zero-order valence-electron chi connectivity index (χ0n) is 12.8. The van der Waals surface area contributed by atoms with Crippen LogP contribution in [0.4, 0.5) is 0 Å². The summed E-state index contributed by atoms with van der Waals surface area (Å²) in [6.45, 7) is 0.180. The SMILES string of the molecule is O=C(CCNC(=O)c1ccccc1)NN=Cc1ccc(O)cc1O. The first-order valence-corrected chi connectivity index (χ1v) is 7.23. The number of nitrogens with one attached hydrogen (secondary N) is 2. The number of hydrogen-bond acceptors (Lipinski definition) is 5. The van der Waals surface area contributed by atoms with Gasteiger partial charge in [0.1, 0.15) is 11.5 Å². The molecule has 0 aliphatic rings. The van der Waals surface area contributed by atoms with Gasteiger partial charge in [-0.3, -0.25) is 9.59 Å². The van der Waals surface area contributed by atoms with Crippen LogP contribution in [0.25, 0.3) is 0 Å². The molecule has 2 amide bonds. The second-order valence-electron chi connectivity index (χ2n) is 4.91. The lowest BCUT2D eigenvalue weighted by atomic mass is 10.2. The van der Waals surface area contributed by atoms with Gasteiger partial charge in [-0.1, -0.05) is 18.2 Å². The van der Waals surface area contributed by atoms with Crippen molar-refractivity contribution in [2.24, 2.45) is 5.10 Å². The number of amides is 2. The third-order valence-corrected chi connectivity index (χ3v) is 3.08. The third-order valence-electron chi connectivity index (χ3n) is 3.08. The molecule has 7 heteroatoms. The molecule has 7 nitrogen and oxygen atoms in total. The fourth-order valence-corrected chi connectivity index (χ4v) is 1.85. The maximum absolute atomic E-state index is 11.8. The molecular formula is C17H17N3O4. The molecule has 0 bridgehead atoms. The average molecular weight is 327 g/mol. The van der Waals surface area contributed by atoms with E-state index in [-0.39, 0.29) is 36.3 Å². The molecule has 0 radical (unpaired) electrons. The van der Waals surface area contributed by atoms with Crippen LogP contribution in [0.5, 0.6) is 11.5 Å². The van der Waals surface area contributed by atoms with Gasteiger partial charge < -0.3 is 15.5 Å². The Bertz CT molecular complexity index is 745. The monoisotopic (exact) mass is 327 g/mol. The Morgan fingerprint density at radius 1 is 1.08 bits per heavy atom. The molecule has 0 fully saturated rings. The van der Waals surface area contributed by atoms with E-state index in [1.807, 2.05) is 6.07 Å². The quantitative estimate of drug-likeness (QED) is 0.474. The van der Waals surface area contributed by atoms with Crippen LogP contribution in [0, 0.1) is 0 Å². The van der Waals surface area contributed by atoms with E-state index in [1.54, 1.807) is 24.3 Å². The zero-order chi connectivity index (χ0) is 17.4. The fourth-order valence-electron chi connectivity index (χ4n) is 1.85. The molecule has 2 aromatic carbocycles. The second kappa shape index (κ2) is 8.33. The number of hydrazone groups is 1. The maximum Gasteiger partial charge on any atom is 0.251 e. The molecule has 0 atom stereocenters. The fraction of sp³-hybridized carbons (Fsp3) is 0.118. The highest BCUT2D eigenvalue weighted by Gasteiger charge is 2.05. The highest BCUT2D eigenvalue weighted by Crippen LogP contribution is 2.20. The van der Waals surface area contributed by atoms with Crippen LogP contribution in [0.2, 0.25) is 0 Å². The highest BCUT2D eigenvalue weighted by atomic mass is 16.3. The number of aromatic hydroxyl groups is 2. The van der Waals surface area contributed by atoms with Gasteiger partial charge >= 0.3 is 0 Å². The molecule has 2 aromatic rings. The molecular weight excluding hydrogens is 310 g/mol. The number of hydrogen-bond donors (Lipinski definition) is 4. The van der Waals surface area contributed by atoms with E-state index < -0.39 is 0 Å². The third kappa shape index (κ3) is 5.13. The van der Waals surface area contributed by atoms with Crippen LogP contribution in [0.15, 0.2) is 53.6 Å². The Morgan fingerprint density at radius 2 is 1.83 bits per heavy atom. The van der Waals surface area contributed by atoms with Crippen molar-refractivity contribution in [3.8, 4) is 11.5 Å². The molecule has 0 heterocycles. The molecule has 0 unspecified atom stereocenters. The van der Waals surface area contributed by atoms with Crippen molar-refractivity contribution in [3.63, 3.8) is 0 Å². The van der Waals surface area contributed by atoms with Gasteiger partial charge in [-0.2, -0.15) is 5.10 Å². The predicted molar refractivity (Wildman–Crippen MR) is 88.9 cm³/mol. The lowest BCUT2D eigenvalue weighted by Crippen LogP contribution is -2.28. The summed E-state index contributed by atoms with van der Waals surface area (Å²) < 4.78 is 0. The first kappa shape index (κ1) is 17.0. The van der Waals surface area contributed by atoms with Crippen molar-refractivity contribution in [1.82, 2.24) is 10.7 Å². The molecule has 0 saturated carbocycles. The van der Waals surface area contributed by atoms with Crippen LogP contribution in [0.3, 0.4) is 0 Å². The topological polar surface area (TPSA) is 111 Å². The van der Waals surface area contributed by atoms with Gasteiger partial charge in [-0.05, 0) is 24.3 Å². The number of phenols is 2. The van der Waals surface area contributed by atoms with E-state index >= 15 is 0 Å². The van der Waals surface area contributed by atoms with Crippen LogP contribution in [-0.4, -0.2) is 34.8 Å². The van der Waals surface area contributed by atoms with Crippen LogP contribution >= 0.6 is 0 Å². The summed E-state index contributed by atoms with van der Waals surface area (Å²) in [6, 6.07) is 12.7. The molecule has 124 valence electrons. The van der Waals surface area contributed by atoms with Crippen LogP contribution in [0.1, 0.15) is 22.3 Å². The summed E-state index contributed by atoms with van der Waals surface area (Å²) >= 11 is 0. The molecule has 0 aliphatic carbocycles. The summed E-state index contributed by atoms with van der Waals surface area (Å²) in [5.74, 6) is -0.843. The van der Waals surface area contributed by atoms with Crippen molar-refractivity contribution in [1.29, 1.82) is 0 Å². The van der Waals surface area contributed by atoms with Crippen LogP contribution < -0.4 is 10.7 Å². The maximum atomic E-state index is 11.8. The van der Waals surface area contributed by atoms with Crippen molar-refractivity contribution in [3.05, 3.63) is 59.7 Å². The van der Waals surface area contributed by atoms with Gasteiger partial charge in [-0.25, -0.2) is 5.43 Å². The molecule has 0 aromatic heterocycles. The van der Waals surface area contributed by atoms with E-state index in [4.69, 9.17) is 5.11 Å². The number of carbonyl (C=O) groups is 2. The Labute approximate surface area is 138 Å². The number of nitrogens with zero attached hydrogens (tertiary/aromatic N) is 1. The normalized spacial score (nSPS) is 10.5. The summed E-state index contributed by atoms with van der Waals surface area (Å²) in [6.07, 6.45) is 1.33. The number of phenolic OH excluding ortho intramolecular Hbond substituents is 2. The van der Waals surface area contributed by atoms with Gasteiger partial charge in [0, 0.05) is 30.2 Å².